The van der Waals surface area contributed by atoms with Gasteiger partial charge in [-0.1, -0.05) is 270 Å². The van der Waals surface area contributed by atoms with E-state index in [1.54, 1.807) is 0 Å². The average molecular weight is 641 g/mol. The molecule has 0 atom stereocenters. The summed E-state index contributed by atoms with van der Waals surface area (Å²) >= 11 is 0. The number of allylic oxidation sites excluding steroid dienone is 5. The molecule has 46 heavy (non-hydrogen) atoms. The highest BCUT2D eigenvalue weighted by atomic mass is 14.1. The molecule has 0 fully saturated rings. The van der Waals surface area contributed by atoms with Gasteiger partial charge in [0.2, 0.25) is 0 Å². The van der Waals surface area contributed by atoms with E-state index in [1.807, 2.05) is 12.2 Å². The molecule has 0 spiro atoms. The Morgan fingerprint density at radius 2 is 0.543 bits per heavy atom. The molecule has 0 aliphatic carbocycles. The molecule has 0 unspecified atom stereocenters. The third-order valence-corrected chi connectivity index (χ3v) is 10.0. The number of hydrogen-bond donors (Lipinski definition) is 0. The van der Waals surface area contributed by atoms with Gasteiger partial charge in [-0.3, -0.25) is 0 Å². The molecule has 0 rings (SSSR count). The maximum atomic E-state index is 3.69. The van der Waals surface area contributed by atoms with Gasteiger partial charge in [0, 0.05) is 0 Å². The van der Waals surface area contributed by atoms with E-state index < -0.39 is 0 Å². The maximum Gasteiger partial charge on any atom is -0.0348 e. The lowest BCUT2D eigenvalue weighted by Crippen LogP contribution is -2.03. The predicted molar refractivity (Wildman–Crippen MR) is 214 cm³/mol. The summed E-state index contributed by atoms with van der Waals surface area (Å²) in [5, 5.41) is 0. The standard InChI is InChI=1S/C46H88/c1-5-6-7-8-9-10-11-12-13-14-15-16-17-18-19-20-21-22-23-24-25-26-27-28-29-30-31-32-33-34-35-36-37-38-39-40-41-42-43-44-45-46(2,3)4/h5-9H,1,10-45H2,2-4H3. The van der Waals surface area contributed by atoms with Gasteiger partial charge in [0.15, 0.2) is 0 Å². The largest absolute Gasteiger partial charge is 0.0991 e. The summed E-state index contributed by atoms with van der Waals surface area (Å²) in [7, 11) is 0. The van der Waals surface area contributed by atoms with Gasteiger partial charge in [-0.25, -0.2) is 0 Å². The molecular weight excluding hydrogens is 553 g/mol. The van der Waals surface area contributed by atoms with Crippen LogP contribution in [-0.2, 0) is 0 Å². The van der Waals surface area contributed by atoms with Gasteiger partial charge < -0.3 is 0 Å². The molecular formula is C46H88. The Hall–Kier alpha value is -0.780. The van der Waals surface area contributed by atoms with Crippen LogP contribution in [0.25, 0.3) is 0 Å². The average Bonchev–Trinajstić information content (AvgIpc) is 3.03. The lowest BCUT2D eigenvalue weighted by molar-refractivity contribution is 0.356. The molecule has 0 aromatic carbocycles. The summed E-state index contributed by atoms with van der Waals surface area (Å²) < 4.78 is 0. The second kappa shape index (κ2) is 38.7. The van der Waals surface area contributed by atoms with Crippen LogP contribution in [-0.4, -0.2) is 0 Å². The zero-order chi connectivity index (χ0) is 33.5. The molecule has 0 aromatic rings. The molecule has 0 nitrogen and oxygen atoms in total. The van der Waals surface area contributed by atoms with Crippen molar-refractivity contribution in [1.82, 2.24) is 0 Å². The van der Waals surface area contributed by atoms with Crippen molar-refractivity contribution in [3.8, 4) is 0 Å². The minimum Gasteiger partial charge on any atom is -0.0991 e. The second-order valence-electron chi connectivity index (χ2n) is 16.2. The van der Waals surface area contributed by atoms with Gasteiger partial charge in [-0.05, 0) is 24.7 Å². The van der Waals surface area contributed by atoms with Gasteiger partial charge in [-0.2, -0.15) is 0 Å². The van der Waals surface area contributed by atoms with Crippen LogP contribution in [0, 0.1) is 5.41 Å². The van der Waals surface area contributed by atoms with Crippen molar-refractivity contribution in [1.29, 1.82) is 0 Å². The van der Waals surface area contributed by atoms with E-state index in [-0.39, 0.29) is 0 Å². The molecule has 0 radical (unpaired) electrons. The van der Waals surface area contributed by atoms with Crippen molar-refractivity contribution >= 4 is 0 Å². The van der Waals surface area contributed by atoms with E-state index in [2.05, 4.69) is 45.6 Å². The summed E-state index contributed by atoms with van der Waals surface area (Å²) in [4.78, 5) is 0. The van der Waals surface area contributed by atoms with Crippen molar-refractivity contribution in [3.63, 3.8) is 0 Å². The van der Waals surface area contributed by atoms with Crippen LogP contribution in [0.5, 0.6) is 0 Å². The van der Waals surface area contributed by atoms with Crippen molar-refractivity contribution in [2.75, 3.05) is 0 Å². The van der Waals surface area contributed by atoms with Gasteiger partial charge in [0.1, 0.15) is 0 Å². The third kappa shape index (κ3) is 43.2. The molecule has 0 bridgehead atoms. The molecule has 0 saturated heterocycles. The molecule has 0 aromatic heterocycles. The molecule has 0 saturated carbocycles. The Labute approximate surface area is 293 Å². The Morgan fingerprint density at radius 1 is 0.304 bits per heavy atom. The number of unbranched alkanes of at least 4 members (excludes halogenated alkanes) is 34. The van der Waals surface area contributed by atoms with Crippen LogP contribution in [0.15, 0.2) is 37.0 Å². The van der Waals surface area contributed by atoms with Crippen LogP contribution < -0.4 is 0 Å². The fourth-order valence-electron chi connectivity index (χ4n) is 6.89. The normalized spacial score (nSPS) is 12.2. The van der Waals surface area contributed by atoms with Crippen molar-refractivity contribution in [3.05, 3.63) is 37.0 Å². The molecule has 0 aliphatic heterocycles. The second-order valence-corrected chi connectivity index (χ2v) is 16.2. The summed E-state index contributed by atoms with van der Waals surface area (Å²) in [6.45, 7) is 10.8. The molecule has 272 valence electrons. The lowest BCUT2D eigenvalue weighted by atomic mass is 9.89. The summed E-state index contributed by atoms with van der Waals surface area (Å²) in [6, 6.07) is 0. The number of hydrogen-bond acceptors (Lipinski definition) is 0. The Balaban J connectivity index is 3.08. The first-order valence-corrected chi connectivity index (χ1v) is 21.5. The van der Waals surface area contributed by atoms with Crippen LogP contribution >= 0.6 is 0 Å². The SMILES string of the molecule is C=CC=CC=CCCCCCCCCCCCCCCCCCCCCCCCCCCCCCCCCCCCCC(C)(C)C. The van der Waals surface area contributed by atoms with E-state index in [9.17, 15) is 0 Å². The third-order valence-electron chi connectivity index (χ3n) is 10.0. The topological polar surface area (TPSA) is 0 Å². The lowest BCUT2D eigenvalue weighted by Gasteiger charge is -2.17. The first-order chi connectivity index (χ1) is 22.6. The predicted octanol–water partition coefficient (Wildman–Crippen LogP) is 17.4. The Bertz CT molecular complexity index is 616. The highest BCUT2D eigenvalue weighted by Crippen LogP contribution is 2.23. The highest BCUT2D eigenvalue weighted by Gasteiger charge is 2.08. The Kier molecular flexibility index (Phi) is 38.0. The fraction of sp³-hybridized carbons (Fsp3) is 0.870. The fourth-order valence-corrected chi connectivity index (χ4v) is 6.89. The molecule has 0 aliphatic rings. The maximum absolute atomic E-state index is 3.69. The molecule has 0 heterocycles. The van der Waals surface area contributed by atoms with E-state index in [1.165, 1.54) is 231 Å². The zero-order valence-electron chi connectivity index (χ0n) is 32.5. The summed E-state index contributed by atoms with van der Waals surface area (Å²) in [5.41, 5.74) is 0.530. The van der Waals surface area contributed by atoms with Crippen LogP contribution in [0.4, 0.5) is 0 Å². The molecule has 0 heteroatoms. The number of rotatable bonds is 38. The summed E-state index contributed by atoms with van der Waals surface area (Å²) in [5.74, 6) is 0. The minimum atomic E-state index is 0.530. The van der Waals surface area contributed by atoms with Gasteiger partial charge in [-0.15, -0.1) is 0 Å². The van der Waals surface area contributed by atoms with E-state index in [0.29, 0.717) is 5.41 Å². The quantitative estimate of drug-likeness (QED) is 0.0465. The van der Waals surface area contributed by atoms with Crippen molar-refractivity contribution < 1.29 is 0 Å². The van der Waals surface area contributed by atoms with Gasteiger partial charge in [0.05, 0.1) is 0 Å². The van der Waals surface area contributed by atoms with Crippen LogP contribution in [0.1, 0.15) is 252 Å². The van der Waals surface area contributed by atoms with E-state index in [4.69, 9.17) is 0 Å². The highest BCUT2D eigenvalue weighted by molar-refractivity contribution is 5.08. The van der Waals surface area contributed by atoms with Crippen molar-refractivity contribution in [2.24, 2.45) is 5.41 Å². The van der Waals surface area contributed by atoms with E-state index >= 15 is 0 Å². The van der Waals surface area contributed by atoms with Crippen LogP contribution in [0.2, 0.25) is 0 Å². The monoisotopic (exact) mass is 641 g/mol. The van der Waals surface area contributed by atoms with Gasteiger partial charge in [0.25, 0.3) is 0 Å². The van der Waals surface area contributed by atoms with Gasteiger partial charge >= 0.3 is 0 Å². The first-order valence-electron chi connectivity index (χ1n) is 21.5. The summed E-state index contributed by atoms with van der Waals surface area (Å²) in [6.07, 6.45) is 62.9. The first kappa shape index (κ1) is 45.2. The Morgan fingerprint density at radius 3 is 0.783 bits per heavy atom. The van der Waals surface area contributed by atoms with E-state index in [0.717, 1.165) is 0 Å². The van der Waals surface area contributed by atoms with Crippen molar-refractivity contribution in [2.45, 2.75) is 252 Å². The van der Waals surface area contributed by atoms with Crippen LogP contribution in [0.3, 0.4) is 0 Å². The smallest absolute Gasteiger partial charge is 0.0348 e. The molecule has 0 N–H and O–H groups in total. The molecule has 0 amide bonds. The minimum absolute atomic E-state index is 0.530. The zero-order valence-corrected chi connectivity index (χ0v) is 32.5.